The van der Waals surface area contributed by atoms with Gasteiger partial charge in [-0.05, 0) is 19.1 Å². The number of hydrogen-bond acceptors (Lipinski definition) is 6. The lowest BCUT2D eigenvalue weighted by Crippen LogP contribution is -2.27. The number of fused-ring (bicyclic) bond motifs is 1. The van der Waals surface area contributed by atoms with Crippen molar-refractivity contribution in [2.24, 2.45) is 11.8 Å². The van der Waals surface area contributed by atoms with Crippen LogP contribution >= 0.6 is 11.6 Å². The maximum absolute atomic E-state index is 5.95. The van der Waals surface area contributed by atoms with Gasteiger partial charge >= 0.3 is 0 Å². The van der Waals surface area contributed by atoms with Crippen molar-refractivity contribution in [2.75, 3.05) is 31.2 Å². The molecule has 2 aliphatic heterocycles. The molecule has 0 unspecified atom stereocenters. The van der Waals surface area contributed by atoms with Gasteiger partial charge in [-0.2, -0.15) is 0 Å². The standard InChI is InChI=1S/C17H19ClN4O2/c1-11-2-3-14(6-19-11)23-9-12-10-24-16-8-22(7-15(12)16)17-20-4-13(18)5-21-17/h2-6,12,15-16H,7-10H2,1H3/t12-,15-,16-/m1/s1. The predicted octanol–water partition coefficient (Wildman–Crippen LogP) is 2.36. The molecular formula is C17H19ClN4O2. The second-order valence-corrected chi connectivity index (χ2v) is 6.78. The number of hydrogen-bond donors (Lipinski definition) is 0. The number of anilines is 1. The molecule has 0 N–H and O–H groups in total. The number of pyridine rings is 1. The highest BCUT2D eigenvalue weighted by atomic mass is 35.5. The largest absolute Gasteiger partial charge is 0.492 e. The molecule has 4 heterocycles. The summed E-state index contributed by atoms with van der Waals surface area (Å²) in [6, 6.07) is 3.91. The average Bonchev–Trinajstić information content (AvgIpc) is 3.16. The van der Waals surface area contributed by atoms with Crippen molar-refractivity contribution in [2.45, 2.75) is 13.0 Å². The number of nitrogens with zero attached hydrogens (tertiary/aromatic N) is 4. The Morgan fingerprint density at radius 3 is 2.79 bits per heavy atom. The molecule has 0 spiro atoms. The first kappa shape index (κ1) is 15.6. The summed E-state index contributed by atoms with van der Waals surface area (Å²) in [4.78, 5) is 15.0. The van der Waals surface area contributed by atoms with Crippen molar-refractivity contribution in [3.63, 3.8) is 0 Å². The van der Waals surface area contributed by atoms with Crippen LogP contribution in [-0.4, -0.2) is 47.4 Å². The molecule has 0 saturated carbocycles. The first-order valence-corrected chi connectivity index (χ1v) is 8.46. The summed E-state index contributed by atoms with van der Waals surface area (Å²) in [6.45, 7) is 5.04. The van der Waals surface area contributed by atoms with Crippen molar-refractivity contribution in [3.8, 4) is 5.75 Å². The lowest BCUT2D eigenvalue weighted by molar-refractivity contribution is 0.108. The molecular weight excluding hydrogens is 328 g/mol. The first-order valence-electron chi connectivity index (χ1n) is 8.08. The van der Waals surface area contributed by atoms with Gasteiger partial charge in [0.25, 0.3) is 0 Å². The Morgan fingerprint density at radius 1 is 1.21 bits per heavy atom. The van der Waals surface area contributed by atoms with Gasteiger partial charge in [-0.15, -0.1) is 0 Å². The van der Waals surface area contributed by atoms with E-state index in [0.717, 1.165) is 31.1 Å². The highest BCUT2D eigenvalue weighted by molar-refractivity contribution is 6.30. The Kier molecular flexibility index (Phi) is 4.24. The van der Waals surface area contributed by atoms with Crippen LogP contribution in [0, 0.1) is 18.8 Å². The lowest BCUT2D eigenvalue weighted by Gasteiger charge is -2.20. The molecule has 2 aromatic heterocycles. The Morgan fingerprint density at radius 2 is 2.04 bits per heavy atom. The molecule has 4 rings (SSSR count). The summed E-state index contributed by atoms with van der Waals surface area (Å²) in [5.41, 5.74) is 0.987. The van der Waals surface area contributed by atoms with Gasteiger partial charge < -0.3 is 14.4 Å². The van der Waals surface area contributed by atoms with Crippen LogP contribution < -0.4 is 9.64 Å². The van der Waals surface area contributed by atoms with E-state index in [-0.39, 0.29) is 6.10 Å². The topological polar surface area (TPSA) is 60.4 Å². The van der Waals surface area contributed by atoms with E-state index >= 15 is 0 Å². The molecule has 24 heavy (non-hydrogen) atoms. The molecule has 2 aliphatic rings. The fourth-order valence-electron chi connectivity index (χ4n) is 3.35. The molecule has 2 fully saturated rings. The molecule has 126 valence electrons. The Labute approximate surface area is 145 Å². The molecule has 0 bridgehead atoms. The van der Waals surface area contributed by atoms with E-state index in [0.29, 0.717) is 29.4 Å². The predicted molar refractivity (Wildman–Crippen MR) is 90.4 cm³/mol. The van der Waals surface area contributed by atoms with Crippen LogP contribution in [0.1, 0.15) is 5.69 Å². The molecule has 0 aromatic carbocycles. The third-order valence-corrected chi connectivity index (χ3v) is 4.87. The van der Waals surface area contributed by atoms with Crippen LogP contribution in [0.2, 0.25) is 5.02 Å². The van der Waals surface area contributed by atoms with E-state index in [1.165, 1.54) is 0 Å². The smallest absolute Gasteiger partial charge is 0.225 e. The summed E-state index contributed by atoms with van der Waals surface area (Å²) in [5, 5.41) is 0.548. The summed E-state index contributed by atoms with van der Waals surface area (Å²) in [6.07, 6.45) is 5.24. The zero-order chi connectivity index (χ0) is 16.5. The van der Waals surface area contributed by atoms with Gasteiger partial charge in [0.05, 0.1) is 42.9 Å². The van der Waals surface area contributed by atoms with E-state index in [1.807, 2.05) is 19.1 Å². The molecule has 6 nitrogen and oxygen atoms in total. The second kappa shape index (κ2) is 6.53. The van der Waals surface area contributed by atoms with E-state index in [4.69, 9.17) is 21.1 Å². The van der Waals surface area contributed by atoms with Gasteiger partial charge in [0.1, 0.15) is 5.75 Å². The molecule has 3 atom stereocenters. The van der Waals surface area contributed by atoms with Gasteiger partial charge in [0.15, 0.2) is 0 Å². The molecule has 2 saturated heterocycles. The van der Waals surface area contributed by atoms with Crippen LogP contribution in [-0.2, 0) is 4.74 Å². The van der Waals surface area contributed by atoms with Gasteiger partial charge in [-0.3, -0.25) is 4.98 Å². The van der Waals surface area contributed by atoms with Crippen molar-refractivity contribution in [1.29, 1.82) is 0 Å². The van der Waals surface area contributed by atoms with Crippen molar-refractivity contribution in [3.05, 3.63) is 41.4 Å². The Hall–Kier alpha value is -1.92. The van der Waals surface area contributed by atoms with E-state index in [9.17, 15) is 0 Å². The molecule has 0 radical (unpaired) electrons. The zero-order valence-electron chi connectivity index (χ0n) is 13.4. The number of aromatic nitrogens is 3. The minimum atomic E-state index is 0.217. The first-order chi connectivity index (χ1) is 11.7. The number of halogens is 1. The van der Waals surface area contributed by atoms with Gasteiger partial charge in [-0.25, -0.2) is 9.97 Å². The lowest BCUT2D eigenvalue weighted by atomic mass is 9.94. The fraction of sp³-hybridized carbons (Fsp3) is 0.471. The van der Waals surface area contributed by atoms with Gasteiger partial charge in [0, 0.05) is 30.6 Å². The highest BCUT2D eigenvalue weighted by Crippen LogP contribution is 2.35. The summed E-state index contributed by atoms with van der Waals surface area (Å²) in [7, 11) is 0. The minimum absolute atomic E-state index is 0.217. The van der Waals surface area contributed by atoms with Crippen LogP contribution in [0.3, 0.4) is 0 Å². The maximum Gasteiger partial charge on any atom is 0.225 e. The quantitative estimate of drug-likeness (QED) is 0.847. The monoisotopic (exact) mass is 346 g/mol. The van der Waals surface area contributed by atoms with Gasteiger partial charge in [-0.1, -0.05) is 11.6 Å². The molecule has 7 heteroatoms. The summed E-state index contributed by atoms with van der Waals surface area (Å²) in [5.74, 6) is 2.32. The number of ether oxygens (including phenoxy) is 2. The van der Waals surface area contributed by atoms with E-state index in [1.54, 1.807) is 18.6 Å². The Balaban J connectivity index is 1.37. The zero-order valence-corrected chi connectivity index (χ0v) is 14.2. The third kappa shape index (κ3) is 3.16. The minimum Gasteiger partial charge on any atom is -0.492 e. The normalized spacial score (nSPS) is 25.8. The van der Waals surface area contributed by atoms with E-state index in [2.05, 4.69) is 19.9 Å². The molecule has 0 aliphatic carbocycles. The number of rotatable bonds is 4. The maximum atomic E-state index is 5.95. The third-order valence-electron chi connectivity index (χ3n) is 4.68. The fourth-order valence-corrected chi connectivity index (χ4v) is 3.44. The van der Waals surface area contributed by atoms with Crippen LogP contribution in [0.25, 0.3) is 0 Å². The van der Waals surface area contributed by atoms with Crippen molar-refractivity contribution < 1.29 is 9.47 Å². The van der Waals surface area contributed by atoms with Crippen molar-refractivity contribution in [1.82, 2.24) is 15.0 Å². The Bertz CT molecular complexity index is 695. The van der Waals surface area contributed by atoms with Crippen molar-refractivity contribution >= 4 is 17.5 Å². The van der Waals surface area contributed by atoms with Crippen LogP contribution in [0.4, 0.5) is 5.95 Å². The highest BCUT2D eigenvalue weighted by Gasteiger charge is 2.44. The molecule has 0 amide bonds. The summed E-state index contributed by atoms with van der Waals surface area (Å²) >= 11 is 5.86. The number of aryl methyl sites for hydroxylation is 1. The molecule has 2 aromatic rings. The van der Waals surface area contributed by atoms with Crippen LogP contribution in [0.5, 0.6) is 5.75 Å². The average molecular weight is 347 g/mol. The SMILES string of the molecule is Cc1ccc(OC[C@@H]2CO[C@@H]3CN(c4ncc(Cl)cn4)C[C@H]23)cn1. The van der Waals surface area contributed by atoms with Crippen LogP contribution in [0.15, 0.2) is 30.7 Å². The second-order valence-electron chi connectivity index (χ2n) is 6.35. The van der Waals surface area contributed by atoms with E-state index < -0.39 is 0 Å². The van der Waals surface area contributed by atoms with Gasteiger partial charge in [0.2, 0.25) is 5.95 Å². The summed E-state index contributed by atoms with van der Waals surface area (Å²) < 4.78 is 11.9.